The van der Waals surface area contributed by atoms with E-state index in [1.807, 2.05) is 67.6 Å². The van der Waals surface area contributed by atoms with Crippen LogP contribution in [-0.4, -0.2) is 8.42 Å². The molecule has 0 aromatic heterocycles. The van der Waals surface area contributed by atoms with E-state index >= 15 is 0 Å². The Morgan fingerprint density at radius 2 is 1.21 bits per heavy atom. The predicted octanol–water partition coefficient (Wildman–Crippen LogP) is 4.68. The van der Waals surface area contributed by atoms with Crippen molar-refractivity contribution in [2.24, 2.45) is 0 Å². The van der Waals surface area contributed by atoms with E-state index in [4.69, 9.17) is 5.73 Å². The van der Waals surface area contributed by atoms with Crippen molar-refractivity contribution in [2.75, 3.05) is 0 Å². The van der Waals surface area contributed by atoms with E-state index in [0.717, 1.165) is 16.7 Å². The van der Waals surface area contributed by atoms with Crippen molar-refractivity contribution in [3.8, 4) is 0 Å². The maximum absolute atomic E-state index is 12.9. The third-order valence-electron chi connectivity index (χ3n) is 4.38. The minimum absolute atomic E-state index is 0. The van der Waals surface area contributed by atoms with Crippen LogP contribution in [-0.2, 0) is 29.5 Å². The number of nitrogens with two attached hydrogens (primary N) is 1. The van der Waals surface area contributed by atoms with Crippen molar-refractivity contribution in [3.05, 3.63) is 122 Å². The Morgan fingerprint density at radius 1 is 0.759 bits per heavy atom. The van der Waals surface area contributed by atoms with Gasteiger partial charge in [-0.3, -0.25) is 0 Å². The molecule has 0 spiro atoms. The van der Waals surface area contributed by atoms with Gasteiger partial charge in [0.05, 0.1) is 0 Å². The molecule has 6 heteroatoms. The number of primary sulfonamides is 1. The quantitative estimate of drug-likeness (QED) is 0.395. The van der Waals surface area contributed by atoms with E-state index in [1.165, 1.54) is 4.72 Å². The van der Waals surface area contributed by atoms with Gasteiger partial charge in [-0.1, -0.05) is 90.0 Å². The van der Waals surface area contributed by atoms with Gasteiger partial charge in [-0.25, -0.2) is 4.72 Å². The van der Waals surface area contributed by atoms with Crippen molar-refractivity contribution in [1.82, 2.24) is 0 Å². The molecular weight excluding hydrogens is 471 g/mol. The van der Waals surface area contributed by atoms with Gasteiger partial charge in [-0.15, -0.1) is 0 Å². The fourth-order valence-corrected chi connectivity index (χ4v) is 4.26. The minimum Gasteiger partial charge on any atom is -0.666 e. The van der Waals surface area contributed by atoms with Gasteiger partial charge < -0.3 is 20.6 Å². The van der Waals surface area contributed by atoms with Crippen LogP contribution in [0.25, 0.3) is 5.73 Å². The molecule has 0 aliphatic rings. The second-order valence-corrected chi connectivity index (χ2v) is 8.15. The fourth-order valence-electron chi connectivity index (χ4n) is 2.89. The van der Waals surface area contributed by atoms with Crippen LogP contribution in [0.3, 0.4) is 0 Å². The van der Waals surface area contributed by atoms with Crippen LogP contribution in [0.1, 0.15) is 28.8 Å². The summed E-state index contributed by atoms with van der Waals surface area (Å²) in [6.45, 7) is 1.92. The molecule has 0 amide bonds. The Morgan fingerprint density at radius 3 is 1.69 bits per heavy atom. The van der Waals surface area contributed by atoms with Gasteiger partial charge in [-0.05, 0) is 19.1 Å². The summed E-state index contributed by atoms with van der Waals surface area (Å²) < 4.78 is 27.2. The molecule has 0 aliphatic carbocycles. The molecule has 3 rings (SSSR count). The number of benzene rings is 3. The second kappa shape index (κ2) is 12.0. The first-order chi connectivity index (χ1) is 12.5. The van der Waals surface area contributed by atoms with Gasteiger partial charge in [0.1, 0.15) is 10.9 Å². The molecule has 3 aromatic rings. The van der Waals surface area contributed by atoms with Gasteiger partial charge in [0.25, 0.3) is 0 Å². The van der Waals surface area contributed by atoms with Crippen LogP contribution < -0.4 is 4.72 Å². The van der Waals surface area contributed by atoms with Crippen LogP contribution in [0.15, 0.2) is 89.8 Å². The van der Waals surface area contributed by atoms with Crippen molar-refractivity contribution < 1.29 is 32.6 Å². The number of quaternary nitrogens is 1. The smallest absolute Gasteiger partial charge is 0.666 e. The maximum atomic E-state index is 12.9. The average Bonchev–Trinajstić information content (AvgIpc) is 2.67. The van der Waals surface area contributed by atoms with Crippen LogP contribution in [0.2, 0.25) is 0 Å². The summed E-state index contributed by atoms with van der Waals surface area (Å²) in [6.07, 6.45) is 0. The Labute approximate surface area is 188 Å². The Bertz CT molecular complexity index is 947. The van der Waals surface area contributed by atoms with E-state index in [2.05, 4.69) is 0 Å². The summed E-state index contributed by atoms with van der Waals surface area (Å²) in [4.78, 5) is 0.254. The molecule has 0 heterocycles. The Kier molecular flexibility index (Phi) is 11.2. The fraction of sp³-hybridized carbons (Fsp3) is 0.130. The number of nitrogens with one attached hydrogen (secondary N) is 1. The zero-order chi connectivity index (χ0) is 18.6. The van der Waals surface area contributed by atoms with E-state index in [1.54, 1.807) is 24.3 Å². The zero-order valence-electron chi connectivity index (χ0n) is 16.9. The molecule has 29 heavy (non-hydrogen) atoms. The average molecular weight is 499 g/mol. The molecule has 3 N–H and O–H groups in total. The van der Waals surface area contributed by atoms with Gasteiger partial charge >= 0.3 is 29.5 Å². The molecule has 156 valence electrons. The SMILES string of the molecule is Cc1ccc(S(=O)(=O)[NH2+][C@H](c2ccccc2)[C@@H]([NH-])c2ccccc2)cc1.[CH3-].[CH3-].[Rh+3]. The molecule has 0 saturated heterocycles. The molecule has 3 aromatic carbocycles. The van der Waals surface area contributed by atoms with Crippen LogP contribution in [0.4, 0.5) is 0 Å². The monoisotopic (exact) mass is 499 g/mol. The van der Waals surface area contributed by atoms with Gasteiger partial charge in [0.15, 0.2) is 0 Å². The third-order valence-corrected chi connectivity index (χ3v) is 5.96. The van der Waals surface area contributed by atoms with E-state index < -0.39 is 22.1 Å². The summed E-state index contributed by atoms with van der Waals surface area (Å²) in [7, 11) is -3.62. The van der Waals surface area contributed by atoms with Crippen LogP contribution in [0, 0.1) is 21.8 Å². The molecule has 4 nitrogen and oxygen atoms in total. The number of rotatable bonds is 6. The zero-order valence-corrected chi connectivity index (χ0v) is 19.3. The first kappa shape index (κ1) is 27.2. The van der Waals surface area contributed by atoms with Crippen molar-refractivity contribution in [3.63, 3.8) is 0 Å². The summed E-state index contributed by atoms with van der Waals surface area (Å²) in [5, 5.41) is 0. The molecule has 0 bridgehead atoms. The largest absolute Gasteiger partial charge is 3.00 e. The molecule has 0 unspecified atom stereocenters. The minimum atomic E-state index is -3.62. The number of hydrogen-bond acceptors (Lipinski definition) is 2. The summed E-state index contributed by atoms with van der Waals surface area (Å²) in [6, 6.07) is 24.2. The van der Waals surface area contributed by atoms with Gasteiger partial charge in [0, 0.05) is 5.56 Å². The Balaban J connectivity index is 0.00000261. The normalized spacial score (nSPS) is 12.5. The molecule has 0 aliphatic heterocycles. The second-order valence-electron chi connectivity index (χ2n) is 6.32. The van der Waals surface area contributed by atoms with E-state index in [0.29, 0.717) is 0 Å². The summed E-state index contributed by atoms with van der Waals surface area (Å²) in [5.74, 6) is 0. The molecule has 0 saturated carbocycles. The first-order valence-corrected chi connectivity index (χ1v) is 9.99. The molecule has 2 atom stereocenters. The number of aryl methyl sites for hydroxylation is 1. The van der Waals surface area contributed by atoms with Crippen LogP contribution in [0.5, 0.6) is 0 Å². The van der Waals surface area contributed by atoms with Gasteiger partial charge in [0.2, 0.25) is 0 Å². The number of sulfonamides is 1. The van der Waals surface area contributed by atoms with Crippen LogP contribution >= 0.6 is 0 Å². The van der Waals surface area contributed by atoms with Crippen molar-refractivity contribution in [1.29, 1.82) is 0 Å². The third kappa shape index (κ3) is 6.86. The van der Waals surface area contributed by atoms with E-state index in [9.17, 15) is 8.42 Å². The topological polar surface area (TPSA) is 74.5 Å². The molecular formula is C23H28N2O2RhS+. The predicted molar refractivity (Wildman–Crippen MR) is 116 cm³/mol. The molecule has 0 fully saturated rings. The summed E-state index contributed by atoms with van der Waals surface area (Å²) in [5.41, 5.74) is 11.3. The standard InChI is InChI=1S/C21H21N2O2S.2CH3.Rh/c1-16-12-14-19(15-13-16)26(24,25)23-21(18-10-6-3-7-11-18)20(22)17-8-4-2-5-9-17;;;/h2-15,20-23H,1H3;2*1H3;/q3*-1;+3/p+1/t20-,21+;;;/m0.../s1. The first-order valence-electron chi connectivity index (χ1n) is 8.45. The molecule has 0 radical (unpaired) electrons. The van der Waals surface area contributed by atoms with Crippen molar-refractivity contribution >= 4 is 10.0 Å². The van der Waals surface area contributed by atoms with E-state index in [-0.39, 0.29) is 39.2 Å². The maximum Gasteiger partial charge on any atom is 3.00 e. The van der Waals surface area contributed by atoms with Crippen molar-refractivity contribution in [2.45, 2.75) is 23.9 Å². The Hall–Kier alpha value is -1.85. The summed E-state index contributed by atoms with van der Waals surface area (Å²) >= 11 is 0. The van der Waals surface area contributed by atoms with Gasteiger partial charge in [-0.2, -0.15) is 8.42 Å². The number of hydrogen-bond donors (Lipinski definition) is 1.